The zero-order valence-electron chi connectivity index (χ0n) is 16.7. The summed E-state index contributed by atoms with van der Waals surface area (Å²) in [7, 11) is -3.40. The predicted molar refractivity (Wildman–Crippen MR) is 113 cm³/mol. The molecule has 0 bridgehead atoms. The van der Waals surface area contributed by atoms with E-state index in [1.54, 1.807) is 24.3 Å². The van der Waals surface area contributed by atoms with Crippen molar-refractivity contribution in [2.75, 3.05) is 24.2 Å². The van der Waals surface area contributed by atoms with Crippen LogP contribution < -0.4 is 24.8 Å². The average Bonchev–Trinajstić information content (AvgIpc) is 3.55. The van der Waals surface area contributed by atoms with Gasteiger partial charge in [0.25, 0.3) is 0 Å². The number of ether oxygens (including phenoxy) is 2. The van der Waals surface area contributed by atoms with Crippen LogP contribution in [0.25, 0.3) is 0 Å². The summed E-state index contributed by atoms with van der Waals surface area (Å²) in [6.07, 6.45) is 3.21. The van der Waals surface area contributed by atoms with Gasteiger partial charge in [-0.15, -0.1) is 0 Å². The third-order valence-electron chi connectivity index (χ3n) is 5.06. The van der Waals surface area contributed by atoms with Gasteiger partial charge in [0.1, 0.15) is 13.2 Å². The largest absolute Gasteiger partial charge is 0.486 e. The van der Waals surface area contributed by atoms with Crippen molar-refractivity contribution >= 4 is 21.7 Å². The van der Waals surface area contributed by atoms with Gasteiger partial charge >= 0.3 is 6.03 Å². The number of amides is 2. The molecule has 160 valence electrons. The lowest BCUT2D eigenvalue weighted by Gasteiger charge is -2.23. The minimum Gasteiger partial charge on any atom is -0.486 e. The van der Waals surface area contributed by atoms with Gasteiger partial charge in [-0.25, -0.2) is 13.2 Å². The number of benzene rings is 2. The first-order valence-electron chi connectivity index (χ1n) is 9.89. The number of carbonyl (C=O) groups is 1. The van der Waals surface area contributed by atoms with E-state index in [0.29, 0.717) is 36.1 Å². The molecule has 2 aromatic carbocycles. The Morgan fingerprint density at radius 2 is 1.83 bits per heavy atom. The standard InChI is InChI=1S/C21H25N3O5S/c1-30(26,27)24-17-5-3-2-4-16(17)13-22-21(25)23-20(14-6-7-14)15-8-9-18-19(12-15)29-11-10-28-18/h2-5,8-9,12,14,20,24H,6-7,10-11,13H2,1H3,(H2,22,23,25). The van der Waals surface area contributed by atoms with Crippen LogP contribution in [0.1, 0.15) is 30.0 Å². The fraction of sp³-hybridized carbons (Fsp3) is 0.381. The summed E-state index contributed by atoms with van der Waals surface area (Å²) in [4.78, 5) is 12.6. The first kappa shape index (κ1) is 20.3. The van der Waals surface area contributed by atoms with Crippen LogP contribution in [0.5, 0.6) is 11.5 Å². The molecular weight excluding hydrogens is 406 g/mol. The van der Waals surface area contributed by atoms with Gasteiger partial charge < -0.3 is 20.1 Å². The molecule has 3 N–H and O–H groups in total. The van der Waals surface area contributed by atoms with Crippen LogP contribution in [0.3, 0.4) is 0 Å². The van der Waals surface area contributed by atoms with Crippen LogP contribution in [0.4, 0.5) is 10.5 Å². The highest BCUT2D eigenvalue weighted by molar-refractivity contribution is 7.92. The summed E-state index contributed by atoms with van der Waals surface area (Å²) in [5, 5.41) is 5.88. The summed E-state index contributed by atoms with van der Waals surface area (Å²) >= 11 is 0. The summed E-state index contributed by atoms with van der Waals surface area (Å²) in [6.45, 7) is 1.25. The number of urea groups is 1. The van der Waals surface area contributed by atoms with E-state index in [4.69, 9.17) is 9.47 Å². The van der Waals surface area contributed by atoms with Gasteiger partial charge in [-0.3, -0.25) is 4.72 Å². The summed E-state index contributed by atoms with van der Waals surface area (Å²) < 4.78 is 36.8. The number of anilines is 1. The number of carbonyl (C=O) groups excluding carboxylic acids is 1. The summed E-state index contributed by atoms with van der Waals surface area (Å²) in [6, 6.07) is 12.3. The minimum atomic E-state index is -3.40. The maximum Gasteiger partial charge on any atom is 0.315 e. The van der Waals surface area contributed by atoms with Crippen LogP contribution in [-0.2, 0) is 16.6 Å². The monoisotopic (exact) mass is 431 g/mol. The van der Waals surface area contributed by atoms with Crippen LogP contribution in [0.15, 0.2) is 42.5 Å². The summed E-state index contributed by atoms with van der Waals surface area (Å²) in [5.74, 6) is 1.81. The van der Waals surface area contributed by atoms with Crippen LogP contribution in [-0.4, -0.2) is 33.9 Å². The average molecular weight is 432 g/mol. The van der Waals surface area contributed by atoms with E-state index in [0.717, 1.165) is 30.4 Å². The fourth-order valence-electron chi connectivity index (χ4n) is 3.50. The molecule has 1 fully saturated rings. The van der Waals surface area contributed by atoms with Crippen molar-refractivity contribution in [3.63, 3.8) is 0 Å². The maximum atomic E-state index is 12.6. The lowest BCUT2D eigenvalue weighted by atomic mass is 10.0. The molecule has 0 radical (unpaired) electrons. The van der Waals surface area contributed by atoms with Crippen LogP contribution in [0, 0.1) is 5.92 Å². The lowest BCUT2D eigenvalue weighted by Crippen LogP contribution is -2.38. The molecule has 1 aliphatic carbocycles. The second-order valence-electron chi connectivity index (χ2n) is 7.58. The molecule has 2 aliphatic rings. The first-order valence-corrected chi connectivity index (χ1v) is 11.8. The molecule has 1 heterocycles. The summed E-state index contributed by atoms with van der Waals surface area (Å²) in [5.41, 5.74) is 2.11. The van der Waals surface area contributed by atoms with Gasteiger partial charge in [0, 0.05) is 6.54 Å². The highest BCUT2D eigenvalue weighted by atomic mass is 32.2. The zero-order valence-corrected chi connectivity index (χ0v) is 17.5. The van der Waals surface area contributed by atoms with Crippen LogP contribution in [0.2, 0.25) is 0 Å². The SMILES string of the molecule is CS(=O)(=O)Nc1ccccc1CNC(=O)NC(c1ccc2c(c1)OCCO2)C1CC1. The maximum absolute atomic E-state index is 12.6. The van der Waals surface area contributed by atoms with Crippen molar-refractivity contribution in [2.45, 2.75) is 25.4 Å². The second-order valence-corrected chi connectivity index (χ2v) is 9.33. The number of hydrogen-bond acceptors (Lipinski definition) is 5. The molecule has 0 spiro atoms. The molecule has 4 rings (SSSR count). The topological polar surface area (TPSA) is 106 Å². The lowest BCUT2D eigenvalue weighted by molar-refractivity contribution is 0.171. The minimum absolute atomic E-state index is 0.120. The van der Waals surface area contributed by atoms with E-state index in [1.165, 1.54) is 0 Å². The van der Waals surface area contributed by atoms with E-state index < -0.39 is 10.0 Å². The van der Waals surface area contributed by atoms with Crippen molar-refractivity contribution in [3.8, 4) is 11.5 Å². The molecule has 1 saturated carbocycles. The number of sulfonamides is 1. The number of fused-ring (bicyclic) bond motifs is 1. The van der Waals surface area contributed by atoms with E-state index in [9.17, 15) is 13.2 Å². The Bertz CT molecular complexity index is 1040. The van der Waals surface area contributed by atoms with E-state index in [1.807, 2.05) is 18.2 Å². The third-order valence-corrected chi connectivity index (χ3v) is 5.65. The Kier molecular flexibility index (Phi) is 5.72. The zero-order chi connectivity index (χ0) is 21.1. The van der Waals surface area contributed by atoms with Crippen LogP contribution >= 0.6 is 0 Å². The van der Waals surface area contributed by atoms with Gasteiger partial charge in [0.15, 0.2) is 11.5 Å². The van der Waals surface area contributed by atoms with Crippen molar-refractivity contribution in [1.82, 2.24) is 10.6 Å². The van der Waals surface area contributed by atoms with Crippen molar-refractivity contribution in [1.29, 1.82) is 0 Å². The Balaban J connectivity index is 1.42. The van der Waals surface area contributed by atoms with Gasteiger partial charge in [-0.05, 0) is 48.1 Å². The molecule has 9 heteroatoms. The molecule has 1 aliphatic heterocycles. The Labute approximate surface area is 176 Å². The highest BCUT2D eigenvalue weighted by Crippen LogP contribution is 2.43. The molecule has 1 unspecified atom stereocenters. The van der Waals surface area contributed by atoms with E-state index >= 15 is 0 Å². The number of nitrogens with one attached hydrogen (secondary N) is 3. The van der Waals surface area contributed by atoms with Gasteiger partial charge in [0.2, 0.25) is 10.0 Å². The van der Waals surface area contributed by atoms with E-state index in [2.05, 4.69) is 15.4 Å². The van der Waals surface area contributed by atoms with Gasteiger partial charge in [0.05, 0.1) is 18.0 Å². The molecular formula is C21H25N3O5S. The number of rotatable bonds is 7. The highest BCUT2D eigenvalue weighted by Gasteiger charge is 2.34. The fourth-order valence-corrected chi connectivity index (χ4v) is 4.10. The van der Waals surface area contributed by atoms with Gasteiger partial charge in [-0.1, -0.05) is 24.3 Å². The number of hydrogen-bond donors (Lipinski definition) is 3. The smallest absolute Gasteiger partial charge is 0.315 e. The van der Waals surface area contributed by atoms with Crippen molar-refractivity contribution < 1.29 is 22.7 Å². The van der Waals surface area contributed by atoms with Gasteiger partial charge in [-0.2, -0.15) is 0 Å². The quantitative estimate of drug-likeness (QED) is 0.625. The molecule has 30 heavy (non-hydrogen) atoms. The van der Waals surface area contributed by atoms with E-state index in [-0.39, 0.29) is 18.6 Å². The molecule has 8 nitrogen and oxygen atoms in total. The molecule has 1 atom stereocenters. The Hall–Kier alpha value is -2.94. The third kappa shape index (κ3) is 5.15. The normalized spacial score (nSPS) is 16.4. The predicted octanol–water partition coefficient (Wildman–Crippen LogP) is 2.78. The molecule has 0 aromatic heterocycles. The molecule has 2 aromatic rings. The second kappa shape index (κ2) is 8.43. The van der Waals surface area contributed by atoms with Crippen molar-refractivity contribution in [3.05, 3.63) is 53.6 Å². The molecule has 2 amide bonds. The Morgan fingerprint density at radius 3 is 2.57 bits per heavy atom. The van der Waals surface area contributed by atoms with Crippen molar-refractivity contribution in [2.24, 2.45) is 5.92 Å². The Morgan fingerprint density at radius 1 is 1.10 bits per heavy atom. The number of para-hydroxylation sites is 1. The molecule has 0 saturated heterocycles. The first-order chi connectivity index (χ1) is 14.4.